The Morgan fingerprint density at radius 1 is 1.09 bits per heavy atom. The van der Waals surface area contributed by atoms with Gasteiger partial charge in [0.15, 0.2) is 0 Å². The maximum Gasteiger partial charge on any atom is 0.223 e. The Labute approximate surface area is 132 Å². The summed E-state index contributed by atoms with van der Waals surface area (Å²) in [6.07, 6.45) is 5.54. The zero-order chi connectivity index (χ0) is 15.4. The van der Waals surface area contributed by atoms with Crippen molar-refractivity contribution in [3.63, 3.8) is 0 Å². The molecule has 1 aliphatic heterocycles. The van der Waals surface area contributed by atoms with E-state index in [1.54, 1.807) is 0 Å². The second kappa shape index (κ2) is 6.93. The van der Waals surface area contributed by atoms with Crippen molar-refractivity contribution in [1.82, 2.24) is 9.88 Å². The van der Waals surface area contributed by atoms with Crippen LogP contribution in [-0.2, 0) is 0 Å². The average molecular weight is 296 g/mol. The second-order valence-electron chi connectivity index (χ2n) is 6.16. The van der Waals surface area contributed by atoms with E-state index in [1.807, 2.05) is 42.6 Å². The summed E-state index contributed by atoms with van der Waals surface area (Å²) in [7, 11) is 0. The van der Waals surface area contributed by atoms with E-state index in [9.17, 15) is 0 Å². The van der Waals surface area contributed by atoms with Gasteiger partial charge in [-0.15, -0.1) is 0 Å². The fourth-order valence-corrected chi connectivity index (χ4v) is 3.25. The zero-order valence-corrected chi connectivity index (χ0v) is 13.4. The van der Waals surface area contributed by atoms with E-state index in [4.69, 9.17) is 4.74 Å². The number of pyridine rings is 1. The first-order valence-electron chi connectivity index (χ1n) is 8.19. The summed E-state index contributed by atoms with van der Waals surface area (Å²) in [5, 5.41) is 0. The summed E-state index contributed by atoms with van der Waals surface area (Å²) in [5.41, 5.74) is 1.21. The Morgan fingerprint density at radius 2 is 1.91 bits per heavy atom. The first-order valence-corrected chi connectivity index (χ1v) is 8.19. The van der Waals surface area contributed by atoms with Crippen LogP contribution in [0.15, 0.2) is 48.7 Å². The van der Waals surface area contributed by atoms with Crippen LogP contribution in [0.1, 0.15) is 44.7 Å². The maximum absolute atomic E-state index is 6.05. The number of aromatic nitrogens is 1. The lowest BCUT2D eigenvalue weighted by atomic mass is 9.94. The molecule has 0 radical (unpaired) electrons. The van der Waals surface area contributed by atoms with Crippen molar-refractivity contribution >= 4 is 0 Å². The number of hydrogen-bond acceptors (Lipinski definition) is 3. The van der Waals surface area contributed by atoms with Crippen LogP contribution in [0.2, 0.25) is 0 Å². The molecule has 1 fully saturated rings. The summed E-state index contributed by atoms with van der Waals surface area (Å²) in [4.78, 5) is 7.06. The predicted molar refractivity (Wildman–Crippen MR) is 89.2 cm³/mol. The molecule has 1 aromatic heterocycles. The van der Waals surface area contributed by atoms with Gasteiger partial charge in [-0.3, -0.25) is 4.90 Å². The number of para-hydroxylation sites is 1. The monoisotopic (exact) mass is 296 g/mol. The number of nitrogens with zero attached hydrogens (tertiary/aromatic N) is 2. The van der Waals surface area contributed by atoms with Crippen LogP contribution >= 0.6 is 0 Å². The lowest BCUT2D eigenvalue weighted by Gasteiger charge is -2.39. The number of benzene rings is 1. The third kappa shape index (κ3) is 3.30. The zero-order valence-electron chi connectivity index (χ0n) is 13.4. The summed E-state index contributed by atoms with van der Waals surface area (Å²) in [5.74, 6) is 1.58. The van der Waals surface area contributed by atoms with E-state index >= 15 is 0 Å². The Bertz CT molecular complexity index is 597. The molecule has 1 saturated heterocycles. The Balaban J connectivity index is 1.90. The fourth-order valence-electron chi connectivity index (χ4n) is 3.25. The molecule has 0 saturated carbocycles. The minimum atomic E-state index is 0.404. The third-order valence-corrected chi connectivity index (χ3v) is 4.32. The number of hydrogen-bond donors (Lipinski definition) is 0. The molecule has 116 valence electrons. The van der Waals surface area contributed by atoms with Gasteiger partial charge in [0.1, 0.15) is 5.75 Å². The van der Waals surface area contributed by atoms with Gasteiger partial charge in [0.2, 0.25) is 5.88 Å². The quantitative estimate of drug-likeness (QED) is 0.809. The Kier molecular flexibility index (Phi) is 4.74. The molecule has 3 heteroatoms. The molecule has 2 heterocycles. The third-order valence-electron chi connectivity index (χ3n) is 4.32. The maximum atomic E-state index is 6.05. The summed E-state index contributed by atoms with van der Waals surface area (Å²) < 4.78 is 6.05. The van der Waals surface area contributed by atoms with Crippen LogP contribution in [0, 0.1) is 0 Å². The molecule has 0 aliphatic carbocycles. The largest absolute Gasteiger partial charge is 0.439 e. The van der Waals surface area contributed by atoms with Crippen molar-refractivity contribution in [2.75, 3.05) is 6.54 Å². The number of ether oxygens (including phenoxy) is 1. The number of rotatable bonds is 4. The normalized spacial score (nSPS) is 19.3. The van der Waals surface area contributed by atoms with Gasteiger partial charge >= 0.3 is 0 Å². The van der Waals surface area contributed by atoms with E-state index in [2.05, 4.69) is 29.8 Å². The summed E-state index contributed by atoms with van der Waals surface area (Å²) in [6, 6.07) is 15.0. The lowest BCUT2D eigenvalue weighted by Crippen LogP contribution is -2.38. The van der Waals surface area contributed by atoms with Crippen molar-refractivity contribution in [3.05, 3.63) is 54.2 Å². The van der Waals surface area contributed by atoms with Crippen molar-refractivity contribution in [3.8, 4) is 11.6 Å². The molecule has 1 atom stereocenters. The van der Waals surface area contributed by atoms with Gasteiger partial charge in [-0.05, 0) is 51.4 Å². The smallest absolute Gasteiger partial charge is 0.223 e. The van der Waals surface area contributed by atoms with Gasteiger partial charge < -0.3 is 4.74 Å². The lowest BCUT2D eigenvalue weighted by molar-refractivity contribution is 0.110. The Hall–Kier alpha value is -1.87. The molecule has 0 spiro atoms. The highest BCUT2D eigenvalue weighted by Gasteiger charge is 2.28. The molecule has 0 N–H and O–H groups in total. The molecule has 3 nitrogen and oxygen atoms in total. The van der Waals surface area contributed by atoms with Crippen molar-refractivity contribution in [1.29, 1.82) is 0 Å². The highest BCUT2D eigenvalue weighted by molar-refractivity contribution is 5.34. The van der Waals surface area contributed by atoms with Gasteiger partial charge in [0.25, 0.3) is 0 Å². The van der Waals surface area contributed by atoms with Crippen LogP contribution in [0.5, 0.6) is 11.6 Å². The topological polar surface area (TPSA) is 25.4 Å². The molecule has 1 aliphatic rings. The standard InChI is InChI=1S/C19H24N2O/c1-15(2)21-14-7-6-12-18(21)17-11-8-13-20-19(17)22-16-9-4-3-5-10-16/h3-5,8-11,13,15,18H,6-7,12,14H2,1-2H3/t18-/m1/s1. The van der Waals surface area contributed by atoms with E-state index in [0.717, 1.165) is 18.2 Å². The van der Waals surface area contributed by atoms with Gasteiger partial charge in [0, 0.05) is 23.8 Å². The van der Waals surface area contributed by atoms with Gasteiger partial charge in [0.05, 0.1) is 0 Å². The van der Waals surface area contributed by atoms with Crippen molar-refractivity contribution in [2.24, 2.45) is 0 Å². The van der Waals surface area contributed by atoms with E-state index in [1.165, 1.54) is 24.8 Å². The fraction of sp³-hybridized carbons (Fsp3) is 0.421. The van der Waals surface area contributed by atoms with Gasteiger partial charge in [-0.25, -0.2) is 4.98 Å². The molecule has 0 unspecified atom stereocenters. The minimum Gasteiger partial charge on any atom is -0.439 e. The average Bonchev–Trinajstić information content (AvgIpc) is 2.56. The molecular weight excluding hydrogens is 272 g/mol. The molecule has 0 amide bonds. The molecule has 0 bridgehead atoms. The van der Waals surface area contributed by atoms with E-state index < -0.39 is 0 Å². The molecule has 22 heavy (non-hydrogen) atoms. The highest BCUT2D eigenvalue weighted by Crippen LogP contribution is 2.37. The summed E-state index contributed by atoms with van der Waals surface area (Å²) >= 11 is 0. The first-order chi connectivity index (χ1) is 10.8. The molecule has 3 rings (SSSR count). The second-order valence-corrected chi connectivity index (χ2v) is 6.16. The van der Waals surface area contributed by atoms with E-state index in [-0.39, 0.29) is 0 Å². The van der Waals surface area contributed by atoms with Crippen LogP contribution < -0.4 is 4.74 Å². The highest BCUT2D eigenvalue weighted by atomic mass is 16.5. The Morgan fingerprint density at radius 3 is 2.68 bits per heavy atom. The first kappa shape index (κ1) is 15.0. The van der Waals surface area contributed by atoms with E-state index in [0.29, 0.717) is 12.1 Å². The van der Waals surface area contributed by atoms with Crippen molar-refractivity contribution < 1.29 is 4.74 Å². The number of likely N-dealkylation sites (tertiary alicyclic amines) is 1. The van der Waals surface area contributed by atoms with Gasteiger partial charge in [-0.2, -0.15) is 0 Å². The van der Waals surface area contributed by atoms with Crippen LogP contribution in [0.25, 0.3) is 0 Å². The molecular formula is C19H24N2O. The summed E-state index contributed by atoms with van der Waals surface area (Å²) in [6.45, 7) is 5.70. The molecule has 1 aromatic carbocycles. The predicted octanol–water partition coefficient (Wildman–Crippen LogP) is 4.81. The van der Waals surface area contributed by atoms with Crippen LogP contribution in [0.3, 0.4) is 0 Å². The van der Waals surface area contributed by atoms with Crippen molar-refractivity contribution in [2.45, 2.75) is 45.2 Å². The number of piperidine rings is 1. The van der Waals surface area contributed by atoms with Crippen LogP contribution in [0.4, 0.5) is 0 Å². The molecule has 2 aromatic rings. The van der Waals surface area contributed by atoms with Gasteiger partial charge in [-0.1, -0.05) is 30.7 Å². The minimum absolute atomic E-state index is 0.404. The van der Waals surface area contributed by atoms with Crippen LogP contribution in [-0.4, -0.2) is 22.5 Å². The SMILES string of the molecule is CC(C)N1CCCC[C@@H]1c1cccnc1Oc1ccccc1.